The van der Waals surface area contributed by atoms with Crippen molar-refractivity contribution in [1.29, 1.82) is 0 Å². The van der Waals surface area contributed by atoms with E-state index < -0.39 is 10.0 Å². The van der Waals surface area contributed by atoms with Gasteiger partial charge in [0.2, 0.25) is 10.0 Å². The van der Waals surface area contributed by atoms with E-state index in [1.165, 1.54) is 27.5 Å². The van der Waals surface area contributed by atoms with E-state index in [9.17, 15) is 13.2 Å². The number of rotatable bonds is 5. The van der Waals surface area contributed by atoms with Crippen molar-refractivity contribution in [2.75, 3.05) is 15.9 Å². The molecule has 0 unspecified atom stereocenters. The van der Waals surface area contributed by atoms with E-state index in [0.29, 0.717) is 22.8 Å². The fourth-order valence-corrected chi connectivity index (χ4v) is 5.77. The van der Waals surface area contributed by atoms with Gasteiger partial charge in [0, 0.05) is 22.5 Å². The van der Waals surface area contributed by atoms with Crippen LogP contribution in [0.15, 0.2) is 47.8 Å². The smallest absolute Gasteiger partial charge is 0.257 e. The van der Waals surface area contributed by atoms with Crippen LogP contribution in [0.3, 0.4) is 0 Å². The summed E-state index contributed by atoms with van der Waals surface area (Å²) in [4.78, 5) is 17.3. The second-order valence-electron chi connectivity index (χ2n) is 7.50. The summed E-state index contributed by atoms with van der Waals surface area (Å²) in [6, 6.07) is 13.2. The van der Waals surface area contributed by atoms with Gasteiger partial charge in [0.25, 0.3) is 5.91 Å². The average Bonchev–Trinajstić information content (AvgIpc) is 3.30. The number of aromatic nitrogens is 1. The van der Waals surface area contributed by atoms with Gasteiger partial charge in [-0.05, 0) is 49.1 Å². The van der Waals surface area contributed by atoms with Gasteiger partial charge in [0.15, 0.2) is 5.13 Å². The van der Waals surface area contributed by atoms with E-state index in [1.807, 2.05) is 24.4 Å². The summed E-state index contributed by atoms with van der Waals surface area (Å²) in [5, 5.41) is 5.30. The lowest BCUT2D eigenvalue weighted by atomic mass is 10.1. The monoisotopic (exact) mass is 441 g/mol. The van der Waals surface area contributed by atoms with E-state index in [-0.39, 0.29) is 11.9 Å². The Bertz CT molecular complexity index is 1200. The highest BCUT2D eigenvalue weighted by Crippen LogP contribution is 2.35. The molecule has 0 saturated heterocycles. The zero-order valence-electron chi connectivity index (χ0n) is 17.0. The molecule has 0 aliphatic carbocycles. The van der Waals surface area contributed by atoms with Crippen molar-refractivity contribution in [3.8, 4) is 11.3 Å². The zero-order valence-corrected chi connectivity index (χ0v) is 18.7. The number of hydrogen-bond donors (Lipinski definition) is 1. The Kier molecular flexibility index (Phi) is 5.38. The zero-order chi connectivity index (χ0) is 21.5. The summed E-state index contributed by atoms with van der Waals surface area (Å²) in [6.45, 7) is 3.98. The number of benzene rings is 2. The molecule has 2 heterocycles. The molecule has 0 fully saturated rings. The van der Waals surface area contributed by atoms with Crippen LogP contribution in [0, 0.1) is 0 Å². The summed E-state index contributed by atoms with van der Waals surface area (Å²) < 4.78 is 25.5. The van der Waals surface area contributed by atoms with Crippen LogP contribution >= 0.6 is 11.3 Å². The molecule has 3 aromatic rings. The molecule has 0 radical (unpaired) electrons. The average molecular weight is 442 g/mol. The lowest BCUT2D eigenvalue weighted by Gasteiger charge is -2.21. The third kappa shape index (κ3) is 3.97. The maximum Gasteiger partial charge on any atom is 0.257 e. The molecular weight excluding hydrogens is 418 g/mol. The van der Waals surface area contributed by atoms with E-state index in [0.717, 1.165) is 23.2 Å². The maximum atomic E-state index is 12.7. The van der Waals surface area contributed by atoms with Crippen molar-refractivity contribution in [2.24, 2.45) is 0 Å². The Morgan fingerprint density at radius 3 is 2.63 bits per heavy atom. The second kappa shape index (κ2) is 7.85. The molecule has 1 aromatic heterocycles. The number of nitrogens with one attached hydrogen (secondary N) is 1. The molecule has 8 heteroatoms. The number of sulfonamides is 1. The normalized spacial score (nSPS) is 15.8. The molecule has 4 rings (SSSR count). The summed E-state index contributed by atoms with van der Waals surface area (Å²) >= 11 is 1.38. The van der Waals surface area contributed by atoms with Gasteiger partial charge in [-0.1, -0.05) is 31.2 Å². The number of nitrogens with zero attached hydrogens (tertiary/aromatic N) is 2. The third-order valence-corrected chi connectivity index (χ3v) is 7.26. The predicted octanol–water partition coefficient (Wildman–Crippen LogP) is 4.34. The van der Waals surface area contributed by atoms with Crippen LogP contribution in [0.2, 0.25) is 0 Å². The van der Waals surface area contributed by atoms with Gasteiger partial charge in [0.05, 0.1) is 17.6 Å². The van der Waals surface area contributed by atoms with Crippen molar-refractivity contribution in [3.63, 3.8) is 0 Å². The molecule has 6 nitrogen and oxygen atoms in total. The van der Waals surface area contributed by atoms with Gasteiger partial charge in [-0.25, -0.2) is 13.4 Å². The van der Waals surface area contributed by atoms with E-state index in [1.54, 1.807) is 18.2 Å². The summed E-state index contributed by atoms with van der Waals surface area (Å²) in [7, 11) is -3.35. The topological polar surface area (TPSA) is 79.4 Å². The minimum absolute atomic E-state index is 0.158. The Morgan fingerprint density at radius 2 is 1.97 bits per heavy atom. The molecule has 1 aliphatic rings. The lowest BCUT2D eigenvalue weighted by Crippen LogP contribution is -2.34. The number of carbonyl (C=O) groups is 1. The number of aryl methyl sites for hydroxylation is 1. The van der Waals surface area contributed by atoms with Crippen LogP contribution in [-0.2, 0) is 22.9 Å². The van der Waals surface area contributed by atoms with Crippen LogP contribution in [0.4, 0.5) is 10.8 Å². The van der Waals surface area contributed by atoms with Gasteiger partial charge in [0.1, 0.15) is 0 Å². The lowest BCUT2D eigenvalue weighted by molar-refractivity contribution is 0.102. The second-order valence-corrected chi connectivity index (χ2v) is 10.2. The first-order chi connectivity index (χ1) is 14.3. The minimum Gasteiger partial charge on any atom is -0.298 e. The summed E-state index contributed by atoms with van der Waals surface area (Å²) in [6.07, 6.45) is 2.77. The number of amides is 1. The van der Waals surface area contributed by atoms with Gasteiger partial charge in [-0.3, -0.25) is 14.4 Å². The Morgan fingerprint density at radius 1 is 1.23 bits per heavy atom. The highest BCUT2D eigenvalue weighted by molar-refractivity contribution is 7.92. The van der Waals surface area contributed by atoms with Crippen molar-refractivity contribution in [1.82, 2.24) is 4.98 Å². The van der Waals surface area contributed by atoms with E-state index in [4.69, 9.17) is 0 Å². The van der Waals surface area contributed by atoms with Gasteiger partial charge >= 0.3 is 0 Å². The first-order valence-electron chi connectivity index (χ1n) is 9.75. The van der Waals surface area contributed by atoms with Gasteiger partial charge in [-0.2, -0.15) is 0 Å². The highest BCUT2D eigenvalue weighted by atomic mass is 32.2. The molecule has 0 bridgehead atoms. The Labute approximate surface area is 180 Å². The molecule has 1 amide bonds. The molecule has 156 valence electrons. The van der Waals surface area contributed by atoms with Gasteiger partial charge < -0.3 is 0 Å². The molecule has 0 saturated carbocycles. The van der Waals surface area contributed by atoms with Crippen LogP contribution < -0.4 is 9.62 Å². The molecule has 1 atom stereocenters. The Balaban J connectivity index is 1.51. The molecular formula is C22H23N3O3S2. The van der Waals surface area contributed by atoms with Crippen molar-refractivity contribution in [3.05, 3.63) is 64.5 Å². The number of carbonyl (C=O) groups excluding carboxylic acids is 1. The fourth-order valence-electron chi connectivity index (χ4n) is 3.79. The first kappa shape index (κ1) is 20.6. The van der Waals surface area contributed by atoms with Crippen molar-refractivity contribution in [2.45, 2.75) is 32.7 Å². The fraction of sp³-hybridized carbons (Fsp3) is 0.273. The van der Waals surface area contributed by atoms with Crippen molar-refractivity contribution < 1.29 is 13.2 Å². The van der Waals surface area contributed by atoms with Crippen LogP contribution in [-0.4, -0.2) is 31.6 Å². The first-order valence-corrected chi connectivity index (χ1v) is 12.5. The van der Waals surface area contributed by atoms with E-state index >= 15 is 0 Å². The third-order valence-electron chi connectivity index (χ3n) is 5.23. The molecule has 1 N–H and O–H groups in total. The standard InChI is InChI=1S/C22H23N3O3S2/c1-4-15-5-7-16(8-6-15)19-13-29-22(23-19)24-21(26)17-9-10-20-18(12-17)11-14(2)25(20)30(3,27)28/h5-10,12-14H,4,11H2,1-3H3,(H,23,24,26)/t14-/m0/s1. The maximum absolute atomic E-state index is 12.7. The molecule has 0 spiro atoms. The number of thiazole rings is 1. The highest BCUT2D eigenvalue weighted by Gasteiger charge is 2.32. The van der Waals surface area contributed by atoms with Gasteiger partial charge in [-0.15, -0.1) is 11.3 Å². The van der Waals surface area contributed by atoms with E-state index in [2.05, 4.69) is 29.4 Å². The molecule has 1 aliphatic heterocycles. The Hall–Kier alpha value is -2.71. The van der Waals surface area contributed by atoms with Crippen molar-refractivity contribution >= 4 is 38.1 Å². The minimum atomic E-state index is -3.35. The van der Waals surface area contributed by atoms with Crippen LogP contribution in [0.25, 0.3) is 11.3 Å². The predicted molar refractivity (Wildman–Crippen MR) is 122 cm³/mol. The molecule has 2 aromatic carbocycles. The van der Waals surface area contributed by atoms with Crippen LogP contribution in [0.1, 0.15) is 35.3 Å². The number of anilines is 2. The summed E-state index contributed by atoms with van der Waals surface area (Å²) in [5.74, 6) is -0.259. The SMILES string of the molecule is CCc1ccc(-c2csc(NC(=O)c3ccc4c(c3)C[C@H](C)N4S(C)(=O)=O)n2)cc1. The molecule has 30 heavy (non-hydrogen) atoms. The summed E-state index contributed by atoms with van der Waals surface area (Å²) in [5.41, 5.74) is 5.09. The number of hydrogen-bond acceptors (Lipinski definition) is 5. The van der Waals surface area contributed by atoms with Crippen LogP contribution in [0.5, 0.6) is 0 Å². The quantitative estimate of drug-likeness (QED) is 0.639. The number of fused-ring (bicyclic) bond motifs is 1. The largest absolute Gasteiger partial charge is 0.298 e.